The van der Waals surface area contributed by atoms with Crippen LogP contribution in [0.3, 0.4) is 0 Å². The van der Waals surface area contributed by atoms with E-state index in [1.807, 2.05) is 85.3 Å². The molecule has 0 aliphatic rings. The van der Waals surface area contributed by atoms with E-state index >= 15 is 0 Å². The number of amides is 1. The number of hydrogen-bond donors (Lipinski definition) is 2. The number of aromatic nitrogens is 4. The number of halogens is 1. The highest BCUT2D eigenvalue weighted by atomic mass is 79.9. The van der Waals surface area contributed by atoms with Gasteiger partial charge < -0.3 is 0 Å². The topological polar surface area (TPSA) is 88.0 Å². The molecule has 0 fully saturated rings. The average Bonchev–Trinajstić information content (AvgIpc) is 3.39. The van der Waals surface area contributed by atoms with Gasteiger partial charge in [-0.1, -0.05) is 48.5 Å². The van der Waals surface area contributed by atoms with Crippen molar-refractivity contribution in [3.63, 3.8) is 0 Å². The molecular weight excluding hydrogens is 468 g/mol. The van der Waals surface area contributed by atoms with Crippen molar-refractivity contribution in [1.29, 1.82) is 0 Å². The molecule has 8 heteroatoms. The number of para-hydroxylation sites is 1. The van der Waals surface area contributed by atoms with E-state index in [2.05, 4.69) is 41.8 Å². The smallest absolute Gasteiger partial charge is 0.272 e. The first-order valence-electron chi connectivity index (χ1n) is 9.96. The Kier molecular flexibility index (Phi) is 6.42. The maximum Gasteiger partial charge on any atom is 0.289 e. The molecule has 2 aromatic heterocycles. The van der Waals surface area contributed by atoms with Crippen LogP contribution in [-0.2, 0) is 0 Å². The summed E-state index contributed by atoms with van der Waals surface area (Å²) in [5.74, 6) is -0.384. The van der Waals surface area contributed by atoms with Gasteiger partial charge in [0.2, 0.25) is 0 Å². The Labute approximate surface area is 194 Å². The fourth-order valence-corrected chi connectivity index (χ4v) is 3.73. The minimum absolute atomic E-state index is 0.312. The van der Waals surface area contributed by atoms with Gasteiger partial charge in [0.05, 0.1) is 29.0 Å². The zero-order valence-corrected chi connectivity index (χ0v) is 19.2. The van der Waals surface area contributed by atoms with Crippen LogP contribution >= 0.6 is 15.9 Å². The van der Waals surface area contributed by atoms with Gasteiger partial charge in [0.15, 0.2) is 0 Å². The van der Waals surface area contributed by atoms with Crippen LogP contribution in [0.1, 0.15) is 27.4 Å². The molecule has 160 valence electrons. The Bertz CT molecular complexity index is 1290. The number of H-pyrrole nitrogens is 1. The van der Waals surface area contributed by atoms with E-state index in [0.717, 1.165) is 32.7 Å². The largest absolute Gasteiger partial charge is 0.289 e. The summed E-state index contributed by atoms with van der Waals surface area (Å²) >= 11 is 3.42. The summed E-state index contributed by atoms with van der Waals surface area (Å²) in [5.41, 5.74) is 8.13. The van der Waals surface area contributed by atoms with Gasteiger partial charge in [0, 0.05) is 10.0 Å². The van der Waals surface area contributed by atoms with E-state index in [4.69, 9.17) is 0 Å². The second-order valence-electron chi connectivity index (χ2n) is 7.10. The zero-order chi connectivity index (χ0) is 22.5. The third-order valence-corrected chi connectivity index (χ3v) is 5.26. The Morgan fingerprint density at radius 1 is 1.09 bits per heavy atom. The first-order chi connectivity index (χ1) is 15.5. The highest BCUT2D eigenvalue weighted by molar-refractivity contribution is 9.12. The molecule has 0 atom stereocenters. The van der Waals surface area contributed by atoms with Crippen LogP contribution in [0.5, 0.6) is 0 Å². The summed E-state index contributed by atoms with van der Waals surface area (Å²) in [6, 6.07) is 21.4. The molecule has 0 aliphatic carbocycles. The van der Waals surface area contributed by atoms with Gasteiger partial charge in [-0.2, -0.15) is 15.3 Å². The molecule has 4 rings (SSSR count). The molecule has 0 radical (unpaired) electrons. The van der Waals surface area contributed by atoms with Crippen LogP contribution in [0.2, 0.25) is 0 Å². The van der Waals surface area contributed by atoms with Crippen molar-refractivity contribution >= 4 is 34.1 Å². The highest BCUT2D eigenvalue weighted by Crippen LogP contribution is 2.27. The van der Waals surface area contributed by atoms with Crippen molar-refractivity contribution in [3.05, 3.63) is 93.9 Å². The standard InChI is InChI=1S/C24H21BrN6O/c1-16-23(17(2)31(30-16)20-11-7-4-8-12-20)21-14-22(28-27-21)24(32)29-26-15-19(25)13-18-9-5-3-6-10-18/h3-15H,1-2H3,(H,27,28)(H,29,32)/b19-13-,26-15-. The Hall–Kier alpha value is -3.78. The Balaban J connectivity index is 1.48. The fraction of sp³-hybridized carbons (Fsp3) is 0.0833. The number of nitrogens with one attached hydrogen (secondary N) is 2. The number of allylic oxidation sites excluding steroid dienone is 1. The fourth-order valence-electron chi connectivity index (χ4n) is 3.36. The maximum atomic E-state index is 12.5. The molecule has 32 heavy (non-hydrogen) atoms. The lowest BCUT2D eigenvalue weighted by atomic mass is 10.1. The number of nitrogens with zero attached hydrogens (tertiary/aromatic N) is 4. The molecule has 0 bridgehead atoms. The highest BCUT2D eigenvalue weighted by Gasteiger charge is 2.18. The number of aryl methyl sites for hydroxylation is 1. The molecule has 0 spiro atoms. The van der Waals surface area contributed by atoms with Gasteiger partial charge in [-0.3, -0.25) is 9.89 Å². The number of aromatic amines is 1. The van der Waals surface area contributed by atoms with E-state index in [0.29, 0.717) is 11.4 Å². The van der Waals surface area contributed by atoms with Crippen LogP contribution in [0.4, 0.5) is 0 Å². The molecule has 0 unspecified atom stereocenters. The molecule has 7 nitrogen and oxygen atoms in total. The van der Waals surface area contributed by atoms with Crippen LogP contribution in [0.25, 0.3) is 23.0 Å². The van der Waals surface area contributed by atoms with E-state index in [1.54, 1.807) is 6.07 Å². The third kappa shape index (κ3) is 4.76. The molecule has 2 N–H and O–H groups in total. The number of carbonyl (C=O) groups excluding carboxylic acids is 1. The molecule has 0 saturated heterocycles. The van der Waals surface area contributed by atoms with Crippen LogP contribution in [0.15, 0.2) is 76.3 Å². The SMILES string of the molecule is Cc1nn(-c2ccccc2)c(C)c1-c1cc(C(=O)N/N=C\C(Br)=C\c2ccccc2)[nH]n1. The van der Waals surface area contributed by atoms with E-state index < -0.39 is 0 Å². The number of carbonyl (C=O) groups is 1. The summed E-state index contributed by atoms with van der Waals surface area (Å²) in [5, 5.41) is 15.8. The molecule has 0 saturated carbocycles. The minimum Gasteiger partial charge on any atom is -0.272 e. The molecule has 4 aromatic rings. The lowest BCUT2D eigenvalue weighted by molar-refractivity contribution is 0.0950. The number of hydrazone groups is 1. The van der Waals surface area contributed by atoms with E-state index in [9.17, 15) is 4.79 Å². The first kappa shape index (κ1) is 21.5. The summed E-state index contributed by atoms with van der Waals surface area (Å²) in [4.78, 5) is 12.5. The molecule has 2 aromatic carbocycles. The van der Waals surface area contributed by atoms with Gasteiger partial charge in [-0.15, -0.1) is 0 Å². The van der Waals surface area contributed by atoms with Gasteiger partial charge in [-0.25, -0.2) is 10.1 Å². The zero-order valence-electron chi connectivity index (χ0n) is 17.6. The molecule has 0 aliphatic heterocycles. The summed E-state index contributed by atoms with van der Waals surface area (Å²) in [6.45, 7) is 3.91. The van der Waals surface area contributed by atoms with Crippen molar-refractivity contribution in [2.45, 2.75) is 13.8 Å². The minimum atomic E-state index is -0.384. The second kappa shape index (κ2) is 9.57. The average molecular weight is 489 g/mol. The first-order valence-corrected chi connectivity index (χ1v) is 10.8. The summed E-state index contributed by atoms with van der Waals surface area (Å²) in [7, 11) is 0. The third-order valence-electron chi connectivity index (χ3n) is 4.83. The molecule has 2 heterocycles. The second-order valence-corrected chi connectivity index (χ2v) is 8.01. The van der Waals surface area contributed by atoms with Crippen molar-refractivity contribution in [2.24, 2.45) is 5.10 Å². The van der Waals surface area contributed by atoms with Gasteiger partial charge >= 0.3 is 0 Å². The molecule has 1 amide bonds. The number of benzene rings is 2. The van der Waals surface area contributed by atoms with Crippen molar-refractivity contribution in [2.75, 3.05) is 0 Å². The van der Waals surface area contributed by atoms with Crippen molar-refractivity contribution in [3.8, 4) is 16.9 Å². The Morgan fingerprint density at radius 3 is 2.50 bits per heavy atom. The van der Waals surface area contributed by atoms with Crippen LogP contribution < -0.4 is 5.43 Å². The number of rotatable bonds is 6. The number of hydrogen-bond acceptors (Lipinski definition) is 4. The van der Waals surface area contributed by atoms with E-state index in [-0.39, 0.29) is 5.91 Å². The van der Waals surface area contributed by atoms with E-state index in [1.165, 1.54) is 6.21 Å². The van der Waals surface area contributed by atoms with Crippen molar-refractivity contribution in [1.82, 2.24) is 25.4 Å². The normalized spacial score (nSPS) is 11.8. The lowest BCUT2D eigenvalue weighted by Crippen LogP contribution is -2.17. The predicted octanol–water partition coefficient (Wildman–Crippen LogP) is 5.03. The van der Waals surface area contributed by atoms with Gasteiger partial charge in [-0.05, 0) is 59.6 Å². The van der Waals surface area contributed by atoms with Crippen molar-refractivity contribution < 1.29 is 4.79 Å². The predicted molar refractivity (Wildman–Crippen MR) is 130 cm³/mol. The lowest BCUT2D eigenvalue weighted by Gasteiger charge is -2.04. The summed E-state index contributed by atoms with van der Waals surface area (Å²) in [6.07, 6.45) is 3.43. The Morgan fingerprint density at radius 2 is 1.78 bits per heavy atom. The van der Waals surface area contributed by atoms with Gasteiger partial charge in [0.1, 0.15) is 5.69 Å². The summed E-state index contributed by atoms with van der Waals surface area (Å²) < 4.78 is 2.61. The van der Waals surface area contributed by atoms with Gasteiger partial charge in [0.25, 0.3) is 5.91 Å². The van der Waals surface area contributed by atoms with Crippen LogP contribution in [-0.4, -0.2) is 32.1 Å². The maximum absolute atomic E-state index is 12.5. The molecular formula is C24H21BrN6O. The monoisotopic (exact) mass is 488 g/mol. The quantitative estimate of drug-likeness (QED) is 0.294. The van der Waals surface area contributed by atoms with Crippen LogP contribution in [0, 0.1) is 13.8 Å².